The van der Waals surface area contributed by atoms with E-state index in [1.807, 2.05) is 0 Å². The molecule has 2 nitrogen and oxygen atoms in total. The summed E-state index contributed by atoms with van der Waals surface area (Å²) in [5.41, 5.74) is 29.7. The first kappa shape index (κ1) is 54.0. The van der Waals surface area contributed by atoms with Gasteiger partial charge >= 0.3 is 0 Å². The van der Waals surface area contributed by atoms with E-state index in [-0.39, 0.29) is 23.0 Å². The van der Waals surface area contributed by atoms with Crippen molar-refractivity contribution in [1.29, 1.82) is 0 Å². The minimum absolute atomic E-state index is 0.105. The lowest BCUT2D eigenvalue weighted by molar-refractivity contribution is 0.560. The Labute approximate surface area is 515 Å². The number of benzene rings is 12. The number of fused-ring (bicyclic) bond motifs is 6. The summed E-state index contributed by atoms with van der Waals surface area (Å²) >= 11 is 0. The molecule has 0 radical (unpaired) electrons. The standard InChI is InChI=1S/C84H71BN2/c1-81(2,3)63-47-50-72-75(53-63)86(65-48-44-57(45-49-65)56-28-14-9-15-29-56)76-54-64(82(4,5)6)55-77-79(76)85(72)73-52-60(46-51-74(73)87(77)80-67(58-30-16-10-17-31-58)39-26-40-68(80)59-32-18-11-19-33-59)66-38-27-43-71-78(66)83(7,8)69-41-24-25-42-70(69)84(71,61-34-20-12-21-35-61)62-36-22-13-23-37-62/h9-55H,1-8H3. The fourth-order valence-corrected chi connectivity index (χ4v) is 15.1. The van der Waals surface area contributed by atoms with Crippen LogP contribution >= 0.6 is 0 Å². The fraction of sp³-hybridized carbons (Fsp3) is 0.143. The van der Waals surface area contributed by atoms with Crippen molar-refractivity contribution in [2.24, 2.45) is 0 Å². The molecule has 2 heterocycles. The van der Waals surface area contributed by atoms with Crippen LogP contribution in [0.4, 0.5) is 34.1 Å². The average molecular weight is 1120 g/mol. The monoisotopic (exact) mass is 1120 g/mol. The van der Waals surface area contributed by atoms with Crippen molar-refractivity contribution in [3.05, 3.63) is 330 Å². The van der Waals surface area contributed by atoms with Crippen molar-refractivity contribution in [3.8, 4) is 44.5 Å². The van der Waals surface area contributed by atoms with Gasteiger partial charge in [0.2, 0.25) is 0 Å². The maximum Gasteiger partial charge on any atom is 0.252 e. The Bertz CT molecular complexity index is 4490. The van der Waals surface area contributed by atoms with Crippen LogP contribution in [0.2, 0.25) is 0 Å². The second-order valence-corrected chi connectivity index (χ2v) is 26.8. The number of rotatable bonds is 8. The molecule has 15 rings (SSSR count). The van der Waals surface area contributed by atoms with E-state index in [9.17, 15) is 0 Å². The zero-order valence-corrected chi connectivity index (χ0v) is 51.1. The van der Waals surface area contributed by atoms with Gasteiger partial charge in [-0.25, -0.2) is 0 Å². The van der Waals surface area contributed by atoms with E-state index in [2.05, 4.69) is 350 Å². The molecule has 0 saturated heterocycles. The summed E-state index contributed by atoms with van der Waals surface area (Å²) < 4.78 is 0. The summed E-state index contributed by atoms with van der Waals surface area (Å²) in [7, 11) is 0. The number of nitrogens with zero attached hydrogens (tertiary/aromatic N) is 2. The molecule has 0 unspecified atom stereocenters. The summed E-state index contributed by atoms with van der Waals surface area (Å²) in [6.07, 6.45) is 0. The Morgan fingerprint density at radius 3 is 1.36 bits per heavy atom. The highest BCUT2D eigenvalue weighted by Gasteiger charge is 2.51. The van der Waals surface area contributed by atoms with Crippen LogP contribution in [0.5, 0.6) is 0 Å². The predicted molar refractivity (Wildman–Crippen MR) is 370 cm³/mol. The Balaban J connectivity index is 1.07. The average Bonchev–Trinajstić information content (AvgIpc) is 0.706. The highest BCUT2D eigenvalue weighted by Crippen LogP contribution is 2.59. The van der Waals surface area contributed by atoms with Crippen LogP contribution in [-0.4, -0.2) is 6.71 Å². The summed E-state index contributed by atoms with van der Waals surface area (Å²) in [5.74, 6) is 0. The second kappa shape index (κ2) is 20.5. The van der Waals surface area contributed by atoms with Crippen molar-refractivity contribution in [1.82, 2.24) is 0 Å². The summed E-state index contributed by atoms with van der Waals surface area (Å²) in [5, 5.41) is 0. The zero-order valence-electron chi connectivity index (χ0n) is 51.1. The molecule has 0 saturated carbocycles. The van der Waals surface area contributed by atoms with E-state index in [1.165, 1.54) is 128 Å². The van der Waals surface area contributed by atoms with Gasteiger partial charge in [0.25, 0.3) is 6.71 Å². The topological polar surface area (TPSA) is 6.48 Å². The lowest BCUT2D eigenvalue weighted by atomic mass is 9.33. The third-order valence-corrected chi connectivity index (χ3v) is 19.3. The van der Waals surface area contributed by atoms with Gasteiger partial charge < -0.3 is 9.80 Å². The van der Waals surface area contributed by atoms with Crippen LogP contribution in [0, 0.1) is 0 Å². The second-order valence-electron chi connectivity index (χ2n) is 26.8. The number of para-hydroxylation sites is 1. The molecular weight excluding hydrogens is 1050 g/mol. The van der Waals surface area contributed by atoms with E-state index in [1.54, 1.807) is 0 Å². The van der Waals surface area contributed by atoms with Gasteiger partial charge in [0.05, 0.1) is 11.1 Å². The van der Waals surface area contributed by atoms with Crippen molar-refractivity contribution in [2.45, 2.75) is 77.0 Å². The van der Waals surface area contributed by atoms with E-state index in [0.717, 1.165) is 11.4 Å². The third kappa shape index (κ3) is 8.60. The zero-order chi connectivity index (χ0) is 59.4. The molecule has 3 heteroatoms. The maximum atomic E-state index is 2.68. The molecular formula is C84H71BN2. The quantitative estimate of drug-likeness (QED) is 0.140. The Hall–Kier alpha value is -9.70. The van der Waals surface area contributed by atoms with Gasteiger partial charge in [0.1, 0.15) is 0 Å². The minimum Gasteiger partial charge on any atom is -0.311 e. The Morgan fingerprint density at radius 1 is 0.322 bits per heavy atom. The Morgan fingerprint density at radius 2 is 0.782 bits per heavy atom. The molecule has 420 valence electrons. The summed E-state index contributed by atoms with van der Waals surface area (Å²) in [6, 6.07) is 108. The normalized spacial score (nSPS) is 14.3. The highest BCUT2D eigenvalue weighted by molar-refractivity contribution is 7.00. The van der Waals surface area contributed by atoms with Crippen LogP contribution in [0.25, 0.3) is 44.5 Å². The molecule has 3 aliphatic rings. The Kier molecular flexibility index (Phi) is 12.7. The van der Waals surface area contributed by atoms with Crippen LogP contribution in [0.1, 0.15) is 99.9 Å². The first-order valence-corrected chi connectivity index (χ1v) is 31.0. The number of hydrogen-bond acceptors (Lipinski definition) is 2. The largest absolute Gasteiger partial charge is 0.311 e. The molecule has 0 fully saturated rings. The molecule has 12 aromatic rings. The molecule has 0 aromatic heterocycles. The first-order valence-electron chi connectivity index (χ1n) is 31.0. The fourth-order valence-electron chi connectivity index (χ4n) is 15.1. The van der Waals surface area contributed by atoms with Crippen molar-refractivity contribution in [2.75, 3.05) is 9.80 Å². The summed E-state index contributed by atoms with van der Waals surface area (Å²) in [6.45, 7) is 18.9. The molecule has 0 bridgehead atoms. The maximum absolute atomic E-state index is 2.68. The lowest BCUT2D eigenvalue weighted by Crippen LogP contribution is -2.61. The summed E-state index contributed by atoms with van der Waals surface area (Å²) in [4.78, 5) is 5.29. The van der Waals surface area contributed by atoms with Crippen LogP contribution in [0.3, 0.4) is 0 Å². The molecule has 87 heavy (non-hydrogen) atoms. The van der Waals surface area contributed by atoms with Crippen LogP contribution in [-0.2, 0) is 21.7 Å². The van der Waals surface area contributed by atoms with Gasteiger partial charge in [0.15, 0.2) is 0 Å². The van der Waals surface area contributed by atoms with E-state index in [4.69, 9.17) is 0 Å². The van der Waals surface area contributed by atoms with Crippen LogP contribution < -0.4 is 26.2 Å². The van der Waals surface area contributed by atoms with Gasteiger partial charge in [-0.05, 0) is 142 Å². The molecule has 0 spiro atoms. The molecule has 0 N–H and O–H groups in total. The van der Waals surface area contributed by atoms with E-state index in [0.29, 0.717) is 0 Å². The van der Waals surface area contributed by atoms with Gasteiger partial charge in [-0.15, -0.1) is 0 Å². The van der Waals surface area contributed by atoms with Gasteiger partial charge in [-0.2, -0.15) is 0 Å². The first-order chi connectivity index (χ1) is 42.2. The van der Waals surface area contributed by atoms with Crippen LogP contribution in [0.15, 0.2) is 285 Å². The van der Waals surface area contributed by atoms with E-state index < -0.39 is 5.41 Å². The SMILES string of the molecule is CC(C)(C)c1ccc2c(c1)N(c1ccc(-c3ccccc3)cc1)c1cc(C(C)(C)C)cc3c1B2c1cc(-c2cccc4c2C(C)(C)c2ccccc2C4(c2ccccc2)c2ccccc2)ccc1N3c1c(-c2ccccc2)cccc1-c1ccccc1. The molecule has 12 aromatic carbocycles. The van der Waals surface area contributed by atoms with Crippen molar-refractivity contribution < 1.29 is 0 Å². The molecule has 0 amide bonds. The third-order valence-electron chi connectivity index (χ3n) is 19.3. The van der Waals surface area contributed by atoms with Gasteiger partial charge in [0, 0.05) is 45.0 Å². The lowest BCUT2D eigenvalue weighted by Gasteiger charge is -2.49. The number of hydrogen-bond donors (Lipinski definition) is 0. The molecule has 0 atom stereocenters. The predicted octanol–water partition coefficient (Wildman–Crippen LogP) is 20.1. The van der Waals surface area contributed by atoms with Gasteiger partial charge in [-0.3, -0.25) is 0 Å². The molecule has 2 aliphatic heterocycles. The minimum atomic E-state index is -0.589. The van der Waals surface area contributed by atoms with Crippen molar-refractivity contribution in [3.63, 3.8) is 0 Å². The van der Waals surface area contributed by atoms with E-state index >= 15 is 0 Å². The number of anilines is 6. The molecule has 1 aliphatic carbocycles. The van der Waals surface area contributed by atoms with Gasteiger partial charge in [-0.1, -0.05) is 304 Å². The smallest absolute Gasteiger partial charge is 0.252 e. The highest BCUT2D eigenvalue weighted by atomic mass is 15.2. The van der Waals surface area contributed by atoms with Crippen molar-refractivity contribution >= 4 is 57.2 Å².